The lowest BCUT2D eigenvalue weighted by molar-refractivity contribution is 0.601. The van der Waals surface area contributed by atoms with Crippen LogP contribution in [-0.4, -0.2) is 9.78 Å². The van der Waals surface area contributed by atoms with Crippen molar-refractivity contribution in [2.45, 2.75) is 26.4 Å². The molecular formula is C13H17FN4. The van der Waals surface area contributed by atoms with Gasteiger partial charge in [-0.3, -0.25) is 10.5 Å². The number of aromatic nitrogens is 2. The lowest BCUT2D eigenvalue weighted by Gasteiger charge is -2.17. The van der Waals surface area contributed by atoms with E-state index in [1.807, 2.05) is 24.7 Å². The van der Waals surface area contributed by atoms with E-state index in [-0.39, 0.29) is 11.9 Å². The summed E-state index contributed by atoms with van der Waals surface area (Å²) in [4.78, 5) is 0. The molecular weight excluding hydrogens is 231 g/mol. The van der Waals surface area contributed by atoms with Gasteiger partial charge in [0.1, 0.15) is 5.82 Å². The maximum absolute atomic E-state index is 13.3. The number of hydrogen-bond donors (Lipinski definition) is 2. The third kappa shape index (κ3) is 2.42. The van der Waals surface area contributed by atoms with E-state index >= 15 is 0 Å². The van der Waals surface area contributed by atoms with Gasteiger partial charge in [0.2, 0.25) is 0 Å². The van der Waals surface area contributed by atoms with Crippen LogP contribution in [0.5, 0.6) is 0 Å². The number of benzene rings is 1. The van der Waals surface area contributed by atoms with Crippen LogP contribution in [0, 0.1) is 12.7 Å². The van der Waals surface area contributed by atoms with Gasteiger partial charge in [0.15, 0.2) is 0 Å². The maximum atomic E-state index is 13.3. The Hall–Kier alpha value is -1.72. The molecule has 0 aliphatic rings. The largest absolute Gasteiger partial charge is 0.273 e. The van der Waals surface area contributed by atoms with Gasteiger partial charge in [0.05, 0.1) is 12.2 Å². The fraction of sp³-hybridized carbons (Fsp3) is 0.308. The number of hydrogen-bond acceptors (Lipinski definition) is 3. The Morgan fingerprint density at radius 1 is 1.50 bits per heavy atom. The monoisotopic (exact) mass is 248 g/mol. The standard InChI is InChI=1S/C13H17FN4/c1-3-18-8-10(7-16-18)13(17-15)12-6-11(14)5-4-9(12)2/h4-8,13,17H,3,15H2,1-2H3. The second-order valence-corrected chi connectivity index (χ2v) is 4.23. The Balaban J connectivity index is 2.41. The number of nitrogens with zero attached hydrogens (tertiary/aromatic N) is 2. The lowest BCUT2D eigenvalue weighted by Crippen LogP contribution is -2.29. The third-order valence-corrected chi connectivity index (χ3v) is 3.03. The van der Waals surface area contributed by atoms with Crippen molar-refractivity contribution < 1.29 is 4.39 Å². The Labute approximate surface area is 106 Å². The van der Waals surface area contributed by atoms with Crippen molar-refractivity contribution in [3.63, 3.8) is 0 Å². The van der Waals surface area contributed by atoms with E-state index in [4.69, 9.17) is 5.84 Å². The molecule has 1 unspecified atom stereocenters. The molecule has 0 saturated heterocycles. The summed E-state index contributed by atoms with van der Waals surface area (Å²) in [6.07, 6.45) is 3.66. The van der Waals surface area contributed by atoms with Crippen LogP contribution in [0.25, 0.3) is 0 Å². The SMILES string of the molecule is CCn1cc(C(NN)c2cc(F)ccc2C)cn1. The molecule has 18 heavy (non-hydrogen) atoms. The van der Waals surface area contributed by atoms with Gasteiger partial charge in [-0.25, -0.2) is 9.82 Å². The van der Waals surface area contributed by atoms with Crippen molar-refractivity contribution in [2.75, 3.05) is 0 Å². The topological polar surface area (TPSA) is 55.9 Å². The highest BCUT2D eigenvalue weighted by molar-refractivity contribution is 5.35. The minimum absolute atomic E-state index is 0.249. The van der Waals surface area contributed by atoms with Gasteiger partial charge < -0.3 is 0 Å². The zero-order valence-corrected chi connectivity index (χ0v) is 10.5. The third-order valence-electron chi connectivity index (χ3n) is 3.03. The predicted molar refractivity (Wildman–Crippen MR) is 68.2 cm³/mol. The van der Waals surface area contributed by atoms with Crippen LogP contribution in [0.2, 0.25) is 0 Å². The first kappa shape index (κ1) is 12.7. The highest BCUT2D eigenvalue weighted by atomic mass is 19.1. The summed E-state index contributed by atoms with van der Waals surface area (Å²) in [5.74, 6) is 5.33. The van der Waals surface area contributed by atoms with Crippen LogP contribution in [0.3, 0.4) is 0 Å². The molecule has 0 aliphatic carbocycles. The van der Waals surface area contributed by atoms with Crippen LogP contribution in [0.4, 0.5) is 4.39 Å². The van der Waals surface area contributed by atoms with E-state index < -0.39 is 0 Å². The highest BCUT2D eigenvalue weighted by Crippen LogP contribution is 2.24. The van der Waals surface area contributed by atoms with Gasteiger partial charge in [0.25, 0.3) is 0 Å². The summed E-state index contributed by atoms with van der Waals surface area (Å²) in [5, 5.41) is 4.21. The average molecular weight is 248 g/mol. The number of nitrogens with one attached hydrogen (secondary N) is 1. The van der Waals surface area contributed by atoms with Gasteiger partial charge in [-0.2, -0.15) is 5.10 Å². The van der Waals surface area contributed by atoms with Crippen molar-refractivity contribution in [1.82, 2.24) is 15.2 Å². The molecule has 1 atom stereocenters. The van der Waals surface area contributed by atoms with E-state index in [1.165, 1.54) is 12.1 Å². The van der Waals surface area contributed by atoms with Gasteiger partial charge in [0, 0.05) is 18.3 Å². The molecule has 1 heterocycles. The van der Waals surface area contributed by atoms with E-state index in [0.717, 1.165) is 23.2 Å². The van der Waals surface area contributed by atoms with Crippen molar-refractivity contribution in [1.29, 1.82) is 0 Å². The molecule has 0 bridgehead atoms. The zero-order chi connectivity index (χ0) is 13.1. The molecule has 3 N–H and O–H groups in total. The summed E-state index contributed by atoms with van der Waals surface area (Å²) < 4.78 is 15.2. The Morgan fingerprint density at radius 3 is 2.89 bits per heavy atom. The fourth-order valence-corrected chi connectivity index (χ4v) is 1.99. The molecule has 0 saturated carbocycles. The van der Waals surface area contributed by atoms with Crippen molar-refractivity contribution in [2.24, 2.45) is 5.84 Å². The normalized spacial score (nSPS) is 12.7. The number of hydrazine groups is 1. The molecule has 0 radical (unpaired) electrons. The van der Waals surface area contributed by atoms with Crippen LogP contribution < -0.4 is 11.3 Å². The number of rotatable bonds is 4. The highest BCUT2D eigenvalue weighted by Gasteiger charge is 2.17. The fourth-order valence-electron chi connectivity index (χ4n) is 1.99. The second kappa shape index (κ2) is 5.29. The van der Waals surface area contributed by atoms with Gasteiger partial charge in [-0.05, 0) is 37.1 Å². The van der Waals surface area contributed by atoms with E-state index in [2.05, 4.69) is 10.5 Å². The predicted octanol–water partition coefficient (Wildman–Crippen LogP) is 1.90. The Bertz CT molecular complexity index is 536. The van der Waals surface area contributed by atoms with Crippen LogP contribution in [0.1, 0.15) is 29.7 Å². The quantitative estimate of drug-likeness (QED) is 0.642. The van der Waals surface area contributed by atoms with E-state index in [0.29, 0.717) is 0 Å². The average Bonchev–Trinajstić information content (AvgIpc) is 2.83. The van der Waals surface area contributed by atoms with Crippen molar-refractivity contribution in [3.05, 3.63) is 53.1 Å². The molecule has 96 valence electrons. The molecule has 5 heteroatoms. The van der Waals surface area contributed by atoms with Gasteiger partial charge in [-0.15, -0.1) is 0 Å². The number of aryl methyl sites for hydroxylation is 2. The molecule has 1 aromatic carbocycles. The van der Waals surface area contributed by atoms with Gasteiger partial charge in [-0.1, -0.05) is 6.07 Å². The molecule has 1 aromatic heterocycles. The first-order valence-electron chi connectivity index (χ1n) is 5.90. The summed E-state index contributed by atoms with van der Waals surface area (Å²) >= 11 is 0. The first-order valence-corrected chi connectivity index (χ1v) is 5.90. The molecule has 0 amide bonds. The molecule has 2 rings (SSSR count). The molecule has 2 aromatic rings. The summed E-state index contributed by atoms with van der Waals surface area (Å²) in [6.45, 7) is 4.73. The molecule has 4 nitrogen and oxygen atoms in total. The number of nitrogens with two attached hydrogens (primary N) is 1. The smallest absolute Gasteiger partial charge is 0.123 e. The molecule has 0 spiro atoms. The summed E-state index contributed by atoms with van der Waals surface area (Å²) in [7, 11) is 0. The Morgan fingerprint density at radius 2 is 2.28 bits per heavy atom. The Kier molecular flexibility index (Phi) is 3.74. The first-order chi connectivity index (χ1) is 8.65. The lowest BCUT2D eigenvalue weighted by atomic mass is 9.97. The summed E-state index contributed by atoms with van der Waals surface area (Å²) in [6, 6.07) is 4.45. The van der Waals surface area contributed by atoms with Crippen LogP contribution >= 0.6 is 0 Å². The number of halogens is 1. The van der Waals surface area contributed by atoms with Crippen molar-refractivity contribution in [3.8, 4) is 0 Å². The molecule has 0 fully saturated rings. The summed E-state index contributed by atoms with van der Waals surface area (Å²) in [5.41, 5.74) is 5.46. The molecule has 0 aliphatic heterocycles. The second-order valence-electron chi connectivity index (χ2n) is 4.23. The van der Waals surface area contributed by atoms with E-state index in [9.17, 15) is 4.39 Å². The van der Waals surface area contributed by atoms with Crippen LogP contribution in [-0.2, 0) is 6.54 Å². The minimum Gasteiger partial charge on any atom is -0.273 e. The van der Waals surface area contributed by atoms with Gasteiger partial charge >= 0.3 is 0 Å². The minimum atomic E-state index is -0.265. The van der Waals surface area contributed by atoms with Crippen molar-refractivity contribution >= 4 is 0 Å². The maximum Gasteiger partial charge on any atom is 0.123 e. The van der Waals surface area contributed by atoms with E-state index in [1.54, 1.807) is 12.3 Å². The zero-order valence-electron chi connectivity index (χ0n) is 10.5. The van der Waals surface area contributed by atoms with Crippen LogP contribution in [0.15, 0.2) is 30.6 Å².